The summed E-state index contributed by atoms with van der Waals surface area (Å²) >= 11 is 15.0. The van der Waals surface area contributed by atoms with Gasteiger partial charge in [-0.15, -0.1) is 35.3 Å². The Hall–Kier alpha value is -9.82. The van der Waals surface area contributed by atoms with E-state index in [1.165, 1.54) is 64.2 Å². The minimum absolute atomic E-state index is 0.00928. The Labute approximate surface area is 737 Å². The zero-order valence-electron chi connectivity index (χ0n) is 67.9. The number of hydrogen-bond acceptors (Lipinski definition) is 21. The molecule has 0 bridgehead atoms. The van der Waals surface area contributed by atoms with Gasteiger partial charge in [0.05, 0.1) is 121 Å². The van der Waals surface area contributed by atoms with Crippen LogP contribution < -0.4 is 31.8 Å². The lowest BCUT2D eigenvalue weighted by Gasteiger charge is -2.35. The first-order chi connectivity index (χ1) is 60.5. The van der Waals surface area contributed by atoms with Crippen LogP contribution in [0.2, 0.25) is 10.0 Å². The molecule has 0 spiro atoms. The van der Waals surface area contributed by atoms with Crippen LogP contribution in [0.1, 0.15) is 16.7 Å². The van der Waals surface area contributed by atoms with Crippen molar-refractivity contribution in [2.45, 2.75) is 71.2 Å². The number of thioether (sulfide) groups is 3. The van der Waals surface area contributed by atoms with Gasteiger partial charge in [0.25, 0.3) is 0 Å². The van der Waals surface area contributed by atoms with Gasteiger partial charge >= 0.3 is 35.6 Å². The fraction of sp³-hybridized carbons (Fsp3) is 0.393. The molecule has 3 fully saturated rings. The van der Waals surface area contributed by atoms with Crippen LogP contribution in [0.25, 0.3) is 66.1 Å². The zero-order valence-corrected chi connectivity index (χ0v) is 71.9. The molecule has 3 saturated heterocycles. The number of carbonyl (C=O) groups is 3. The molecule has 6 aromatic carbocycles. The van der Waals surface area contributed by atoms with Crippen molar-refractivity contribution >= 4 is 126 Å². The molecule has 9 heterocycles. The molecule has 24 nitrogen and oxygen atoms in total. The van der Waals surface area contributed by atoms with Crippen LogP contribution in [-0.4, -0.2) is 236 Å². The van der Waals surface area contributed by atoms with E-state index in [0.29, 0.717) is 18.7 Å². The molecule has 6 aliphatic heterocycles. The van der Waals surface area contributed by atoms with Crippen molar-refractivity contribution in [1.82, 2.24) is 43.4 Å². The summed E-state index contributed by atoms with van der Waals surface area (Å²) in [7, 11) is 4.49. The number of piperazine rings is 3. The van der Waals surface area contributed by atoms with Gasteiger partial charge in [0.15, 0.2) is 0 Å². The van der Waals surface area contributed by atoms with Crippen molar-refractivity contribution in [3.63, 3.8) is 0 Å². The number of methoxy groups -OCH3 is 3. The summed E-state index contributed by atoms with van der Waals surface area (Å²) in [4.78, 5) is 99.4. The molecule has 0 radical (unpaired) electrons. The van der Waals surface area contributed by atoms with Crippen LogP contribution in [0.15, 0.2) is 134 Å². The Bertz CT molecular complexity index is 5950. The Morgan fingerprint density at radius 2 is 0.748 bits per heavy atom. The maximum Gasteiger partial charge on any atom is 0.417 e. The quantitative estimate of drug-likeness (QED) is 0.0282. The molecule has 0 N–H and O–H groups in total. The van der Waals surface area contributed by atoms with Crippen LogP contribution in [0.3, 0.4) is 0 Å². The summed E-state index contributed by atoms with van der Waals surface area (Å²) in [6.45, 7) is 14.7. The van der Waals surface area contributed by atoms with Gasteiger partial charge in [-0.25, -0.2) is 36.3 Å². The Morgan fingerprint density at radius 3 is 1.08 bits per heavy atom. The molecule has 127 heavy (non-hydrogen) atoms. The van der Waals surface area contributed by atoms with Crippen molar-refractivity contribution in [3.05, 3.63) is 192 Å². The standard InChI is InChI=1S/C28H26ClF5N4O4S.C28H27ClF4N4O4S.C28H27F5N4O4S/c1-3-22(39)36-4-6-37(7-5-36)26-17-10-18(28(32,33)34)23(16-11-19(29)21(31)12-20(16)30)25-24(17)38(27(40)35-26)13-15(14-43-25)42-9-8-41-2;1-3-22(38)35-6-8-36(9-7-35)26-18-13-19(28(31,32)33)23(16-4-5-21(30)20(29)12-16)25-24(18)37(27(39)34-26)14-17(15-42-25)41-11-10-40-2;1-3-22(38)35-6-8-36(9-7-35)26-19-13-20(28(31,32)33)23(18-5-4-16(29)12-21(18)30)25-24(19)37(27(39)34-26)14-17(15-42-25)41-11-10-40-2/h3,10-12,15H,1,4-9,13-14H2,2H3;2*3-5,12-13,17H,1,6-11,14-15H2,2H3. The molecule has 678 valence electrons. The highest BCUT2D eigenvalue weighted by atomic mass is 35.5. The van der Waals surface area contributed by atoms with Crippen molar-refractivity contribution in [3.8, 4) is 33.4 Å². The van der Waals surface area contributed by atoms with Gasteiger partial charge in [0.2, 0.25) is 17.7 Å². The topological polar surface area (TPSA) is 231 Å². The number of rotatable bonds is 21. The van der Waals surface area contributed by atoms with Crippen molar-refractivity contribution in [1.29, 1.82) is 0 Å². The second-order valence-electron chi connectivity index (χ2n) is 29.5. The number of anilines is 3. The van der Waals surface area contributed by atoms with E-state index in [2.05, 4.69) is 34.7 Å². The van der Waals surface area contributed by atoms with Gasteiger partial charge < -0.3 is 57.8 Å². The van der Waals surface area contributed by atoms with E-state index in [0.717, 1.165) is 83.8 Å². The summed E-state index contributed by atoms with van der Waals surface area (Å²) in [5, 5.41) is -0.671. The second-order valence-corrected chi connectivity index (χ2v) is 33.4. The number of ether oxygens (including phenoxy) is 6. The Kier molecular flexibility index (Phi) is 29.9. The van der Waals surface area contributed by atoms with Crippen LogP contribution >= 0.6 is 58.5 Å². The third kappa shape index (κ3) is 20.4. The smallest absolute Gasteiger partial charge is 0.382 e. The molecule has 6 aliphatic rings. The average Bonchev–Trinajstić information content (AvgIpc) is 1.69. The van der Waals surface area contributed by atoms with Gasteiger partial charge in [0, 0.05) is 188 Å². The van der Waals surface area contributed by atoms with Crippen LogP contribution in [0, 0.1) is 29.1 Å². The maximum atomic E-state index is 15.2. The SMILES string of the molecule is C=CC(=O)N1CCN(c2nc(=O)n3c4c(c(-c5cc(Cl)c(F)cc5F)c(C(F)(F)F)cc24)SCC(OCCOC)C3)CC1.C=CC(=O)N1CCN(c2nc(=O)n3c4c(c(-c5ccc(F)c(Cl)c5)c(C(F)(F)F)cc24)SCC(OCCOC)C3)CC1.C=CC(=O)N1CCN(c2nc(=O)n3c4c(c(-c5ccc(F)cc5F)c(C(F)(F)F)cc24)SCC(OCCOC)C3)CC1. The number of halogens is 16. The van der Waals surface area contributed by atoms with Crippen molar-refractivity contribution < 1.29 is 104 Å². The first kappa shape index (κ1) is 94.8. The van der Waals surface area contributed by atoms with Crippen LogP contribution in [-0.2, 0) is 81.0 Å². The van der Waals surface area contributed by atoms with Crippen LogP contribution in [0.5, 0.6) is 0 Å². The van der Waals surface area contributed by atoms with E-state index in [-0.39, 0.29) is 247 Å². The van der Waals surface area contributed by atoms with Gasteiger partial charge in [-0.1, -0.05) is 49.0 Å². The summed E-state index contributed by atoms with van der Waals surface area (Å²) in [5.74, 6) is -5.42. The number of nitrogens with zero attached hydrogens (tertiary/aromatic N) is 12. The minimum Gasteiger partial charge on any atom is -0.382 e. The highest BCUT2D eigenvalue weighted by Gasteiger charge is 2.44. The first-order valence-corrected chi connectivity index (χ1v) is 43.0. The zero-order chi connectivity index (χ0) is 91.4. The summed E-state index contributed by atoms with van der Waals surface area (Å²) in [5.41, 5.74) is -7.04. The van der Waals surface area contributed by atoms with E-state index in [1.54, 1.807) is 24.5 Å². The molecule has 0 aliphatic carbocycles. The average molecular weight is 1880 g/mol. The highest BCUT2D eigenvalue weighted by molar-refractivity contribution is 8.00. The predicted molar refractivity (Wildman–Crippen MR) is 453 cm³/mol. The molecular formula is C84H80Cl2F14N12O12S3. The van der Waals surface area contributed by atoms with Crippen molar-refractivity contribution in [2.75, 3.05) is 171 Å². The number of benzene rings is 6. The largest absolute Gasteiger partial charge is 0.417 e. The third-order valence-corrected chi connectivity index (χ3v) is 26.0. The molecule has 3 unspecified atom stereocenters. The lowest BCUT2D eigenvalue weighted by Crippen LogP contribution is -2.49. The number of amides is 3. The van der Waals surface area contributed by atoms with E-state index < -0.39 is 127 Å². The molecule has 3 atom stereocenters. The monoisotopic (exact) mass is 1880 g/mol. The maximum absolute atomic E-state index is 15.2. The predicted octanol–water partition coefficient (Wildman–Crippen LogP) is 14.2. The molecule has 3 aromatic heterocycles. The molecular weight excluding hydrogens is 1800 g/mol. The van der Waals surface area contributed by atoms with Gasteiger partial charge in [-0.3, -0.25) is 28.1 Å². The number of carbonyl (C=O) groups excluding carboxylic acids is 3. The third-order valence-electron chi connectivity index (χ3n) is 21.7. The minimum atomic E-state index is -4.98. The molecule has 3 amide bonds. The molecule has 9 aromatic rings. The van der Waals surface area contributed by atoms with Gasteiger partial charge in [0.1, 0.15) is 46.5 Å². The summed E-state index contributed by atoms with van der Waals surface area (Å²) < 4.78 is 242. The number of aromatic nitrogens is 6. The van der Waals surface area contributed by atoms with E-state index in [4.69, 9.17) is 51.6 Å². The van der Waals surface area contributed by atoms with E-state index in [1.807, 2.05) is 0 Å². The Balaban J connectivity index is 0.000000163. The second kappa shape index (κ2) is 40.0. The highest BCUT2D eigenvalue weighted by Crippen LogP contribution is 2.54. The summed E-state index contributed by atoms with van der Waals surface area (Å²) in [6, 6.07) is 9.77. The fourth-order valence-corrected chi connectivity index (χ4v) is 19.9. The molecule has 43 heteroatoms. The lowest BCUT2D eigenvalue weighted by atomic mass is 9.95. The molecule has 15 rings (SSSR count). The fourth-order valence-electron chi connectivity index (χ4n) is 15.7. The number of alkyl halides is 9. The Morgan fingerprint density at radius 1 is 0.417 bits per heavy atom. The lowest BCUT2D eigenvalue weighted by molar-refractivity contribution is -0.137. The van der Waals surface area contributed by atoms with Crippen molar-refractivity contribution in [2.24, 2.45) is 0 Å². The first-order valence-electron chi connectivity index (χ1n) is 39.3. The van der Waals surface area contributed by atoms with Gasteiger partial charge in [-0.05, 0) is 72.3 Å². The van der Waals surface area contributed by atoms with Gasteiger partial charge in [-0.2, -0.15) is 54.5 Å². The van der Waals surface area contributed by atoms with E-state index >= 15 is 8.78 Å². The molecule has 0 saturated carbocycles. The van der Waals surface area contributed by atoms with E-state index in [9.17, 15) is 81.5 Å². The normalized spacial score (nSPS) is 17.4. The number of hydrogen-bond donors (Lipinski definition) is 0. The summed E-state index contributed by atoms with van der Waals surface area (Å²) in [6.07, 6.45) is -12.9. The van der Waals surface area contributed by atoms with Crippen LogP contribution in [0.4, 0.5) is 78.9 Å².